The lowest BCUT2D eigenvalue weighted by atomic mass is 10.1. The topological polar surface area (TPSA) is 101 Å². The van der Waals surface area contributed by atoms with Crippen LogP contribution in [0.1, 0.15) is 19.4 Å². The number of carbonyl (C=O) groups excluding carboxylic acids is 1. The first-order valence-electron chi connectivity index (χ1n) is 7.46. The fourth-order valence-corrected chi connectivity index (χ4v) is 2.14. The average molecular weight is 341 g/mol. The van der Waals surface area contributed by atoms with Crippen molar-refractivity contribution in [3.05, 3.63) is 54.5 Å². The van der Waals surface area contributed by atoms with Gasteiger partial charge in [0.1, 0.15) is 24.0 Å². The summed E-state index contributed by atoms with van der Waals surface area (Å²) < 4.78 is 14.5. The van der Waals surface area contributed by atoms with E-state index in [2.05, 4.69) is 30.8 Å². The molecule has 0 aliphatic heterocycles. The summed E-state index contributed by atoms with van der Waals surface area (Å²) in [5, 5.41) is 14.7. The van der Waals surface area contributed by atoms with Crippen LogP contribution in [0.5, 0.6) is 0 Å². The van der Waals surface area contributed by atoms with E-state index < -0.39 is 5.54 Å². The fraction of sp³-hybridized carbons (Fsp3) is 0.188. The van der Waals surface area contributed by atoms with E-state index in [1.165, 1.54) is 35.7 Å². The maximum Gasteiger partial charge on any atom is 0.267 e. The second-order valence-corrected chi connectivity index (χ2v) is 5.81. The largest absolute Gasteiger partial charge is 0.277 e. The molecular weight excluding hydrogens is 325 g/mol. The van der Waals surface area contributed by atoms with E-state index in [0.717, 1.165) is 5.56 Å². The van der Waals surface area contributed by atoms with E-state index in [1.807, 2.05) is 0 Å². The van der Waals surface area contributed by atoms with Crippen molar-refractivity contribution in [3.8, 4) is 11.3 Å². The monoisotopic (exact) mass is 341 g/mol. The Hall–Kier alpha value is -3.36. The van der Waals surface area contributed by atoms with Gasteiger partial charge in [-0.15, -0.1) is 0 Å². The van der Waals surface area contributed by atoms with Gasteiger partial charge in [-0.25, -0.2) is 19.5 Å². The zero-order valence-corrected chi connectivity index (χ0v) is 13.6. The lowest BCUT2D eigenvalue weighted by molar-refractivity contribution is -0.128. The van der Waals surface area contributed by atoms with E-state index in [4.69, 9.17) is 0 Å². The zero-order valence-electron chi connectivity index (χ0n) is 13.6. The molecule has 0 aliphatic rings. The molecule has 2 heterocycles. The number of hydrazone groups is 1. The third-order valence-corrected chi connectivity index (χ3v) is 3.72. The maximum atomic E-state index is 13.0. The zero-order chi connectivity index (χ0) is 17.9. The first kappa shape index (κ1) is 16.5. The summed E-state index contributed by atoms with van der Waals surface area (Å²) in [7, 11) is 0. The Morgan fingerprint density at radius 3 is 2.80 bits per heavy atom. The maximum absolute atomic E-state index is 13.0. The lowest BCUT2D eigenvalue weighted by Crippen LogP contribution is -2.42. The van der Waals surface area contributed by atoms with Crippen molar-refractivity contribution < 1.29 is 9.18 Å². The van der Waals surface area contributed by atoms with Gasteiger partial charge in [0.15, 0.2) is 0 Å². The molecule has 3 aromatic rings. The minimum atomic E-state index is -0.940. The van der Waals surface area contributed by atoms with Crippen molar-refractivity contribution >= 4 is 12.1 Å². The predicted octanol–water partition coefficient (Wildman–Crippen LogP) is 1.69. The summed E-state index contributed by atoms with van der Waals surface area (Å²) in [5.74, 6) is -0.665. The number of aromatic nitrogens is 5. The van der Waals surface area contributed by atoms with Crippen molar-refractivity contribution in [1.82, 2.24) is 30.4 Å². The highest BCUT2D eigenvalue weighted by Gasteiger charge is 2.30. The number of rotatable bonds is 5. The van der Waals surface area contributed by atoms with Gasteiger partial charge in [-0.1, -0.05) is 0 Å². The average Bonchev–Trinajstić information content (AvgIpc) is 3.27. The highest BCUT2D eigenvalue weighted by molar-refractivity contribution is 5.90. The Morgan fingerprint density at radius 2 is 2.12 bits per heavy atom. The quantitative estimate of drug-likeness (QED) is 0.545. The SMILES string of the molecule is CC(C)(C(=O)NN=Cc1cn[nH]c1-c1ccc(F)cc1)n1cncn1. The molecule has 8 nitrogen and oxygen atoms in total. The van der Waals surface area contributed by atoms with Gasteiger partial charge in [-0.2, -0.15) is 15.3 Å². The van der Waals surface area contributed by atoms with Crippen molar-refractivity contribution in [3.63, 3.8) is 0 Å². The van der Waals surface area contributed by atoms with Crippen LogP contribution in [0.15, 0.2) is 48.2 Å². The Balaban J connectivity index is 1.72. The van der Waals surface area contributed by atoms with Gasteiger partial charge >= 0.3 is 0 Å². The molecule has 0 spiro atoms. The van der Waals surface area contributed by atoms with Gasteiger partial charge in [-0.05, 0) is 38.1 Å². The number of hydrogen-bond donors (Lipinski definition) is 2. The number of nitrogens with zero attached hydrogens (tertiary/aromatic N) is 5. The van der Waals surface area contributed by atoms with Crippen LogP contribution in [0, 0.1) is 5.82 Å². The summed E-state index contributed by atoms with van der Waals surface area (Å²) in [6.07, 6.45) is 5.86. The number of amides is 1. The smallest absolute Gasteiger partial charge is 0.267 e. The highest BCUT2D eigenvalue weighted by Crippen LogP contribution is 2.20. The number of benzene rings is 1. The molecule has 25 heavy (non-hydrogen) atoms. The van der Waals surface area contributed by atoms with E-state index >= 15 is 0 Å². The molecule has 0 aliphatic carbocycles. The van der Waals surface area contributed by atoms with Crippen LogP contribution in [-0.4, -0.2) is 37.1 Å². The molecular formula is C16H16FN7O. The molecule has 0 radical (unpaired) electrons. The number of H-pyrrole nitrogens is 1. The summed E-state index contributed by atoms with van der Waals surface area (Å²) in [4.78, 5) is 16.1. The van der Waals surface area contributed by atoms with Gasteiger partial charge in [0.2, 0.25) is 0 Å². The van der Waals surface area contributed by atoms with E-state index in [1.54, 1.807) is 32.2 Å². The van der Waals surface area contributed by atoms with Crippen LogP contribution in [-0.2, 0) is 10.3 Å². The molecule has 0 unspecified atom stereocenters. The number of aromatic amines is 1. The molecule has 128 valence electrons. The van der Waals surface area contributed by atoms with Crippen molar-refractivity contribution in [2.75, 3.05) is 0 Å². The van der Waals surface area contributed by atoms with Gasteiger partial charge in [0.05, 0.1) is 18.1 Å². The summed E-state index contributed by atoms with van der Waals surface area (Å²) in [6, 6.07) is 5.98. The summed E-state index contributed by atoms with van der Waals surface area (Å²) in [6.45, 7) is 3.41. The Labute approximate surface area is 142 Å². The first-order chi connectivity index (χ1) is 12.0. The number of carbonyl (C=O) groups is 1. The van der Waals surface area contributed by atoms with Crippen molar-refractivity contribution in [2.45, 2.75) is 19.4 Å². The molecule has 0 atom stereocenters. The van der Waals surface area contributed by atoms with Gasteiger partial charge in [0.25, 0.3) is 5.91 Å². The predicted molar refractivity (Wildman–Crippen MR) is 89.1 cm³/mol. The summed E-state index contributed by atoms with van der Waals surface area (Å²) >= 11 is 0. The standard InChI is InChI=1S/C16H16FN7O/c1-16(2,24-10-18-9-21-24)15(25)23-20-8-12-7-19-22-14(12)11-3-5-13(17)6-4-11/h3-10H,1-2H3,(H,19,22)(H,23,25). The highest BCUT2D eigenvalue weighted by atomic mass is 19.1. The second kappa shape index (κ2) is 6.63. The normalized spacial score (nSPS) is 11.8. The van der Waals surface area contributed by atoms with Gasteiger partial charge in [-0.3, -0.25) is 9.89 Å². The molecule has 9 heteroatoms. The minimum absolute atomic E-state index is 0.318. The lowest BCUT2D eigenvalue weighted by Gasteiger charge is -2.21. The van der Waals surface area contributed by atoms with Gasteiger partial charge in [0, 0.05) is 11.1 Å². The molecule has 1 amide bonds. The molecule has 2 N–H and O–H groups in total. The fourth-order valence-electron chi connectivity index (χ4n) is 2.14. The second-order valence-electron chi connectivity index (χ2n) is 5.81. The molecule has 1 aromatic carbocycles. The molecule has 0 saturated carbocycles. The van der Waals surface area contributed by atoms with E-state index in [0.29, 0.717) is 11.3 Å². The van der Waals surface area contributed by atoms with Crippen molar-refractivity contribution in [1.29, 1.82) is 0 Å². The van der Waals surface area contributed by atoms with Crippen LogP contribution in [0.4, 0.5) is 4.39 Å². The van der Waals surface area contributed by atoms with Crippen LogP contribution in [0.25, 0.3) is 11.3 Å². The number of halogens is 1. The van der Waals surface area contributed by atoms with Crippen molar-refractivity contribution in [2.24, 2.45) is 5.10 Å². The van der Waals surface area contributed by atoms with Crippen LogP contribution in [0.3, 0.4) is 0 Å². The Morgan fingerprint density at radius 1 is 1.36 bits per heavy atom. The van der Waals surface area contributed by atoms with Crippen LogP contribution >= 0.6 is 0 Å². The van der Waals surface area contributed by atoms with Crippen LogP contribution < -0.4 is 5.43 Å². The number of hydrogen-bond acceptors (Lipinski definition) is 5. The van der Waals surface area contributed by atoms with E-state index in [9.17, 15) is 9.18 Å². The number of nitrogens with one attached hydrogen (secondary N) is 2. The third-order valence-electron chi connectivity index (χ3n) is 3.72. The Bertz CT molecular complexity index is 882. The van der Waals surface area contributed by atoms with Crippen LogP contribution in [0.2, 0.25) is 0 Å². The minimum Gasteiger partial charge on any atom is -0.277 e. The summed E-state index contributed by atoms with van der Waals surface area (Å²) in [5.41, 5.74) is 3.63. The molecule has 0 fully saturated rings. The molecule has 0 saturated heterocycles. The van der Waals surface area contributed by atoms with E-state index in [-0.39, 0.29) is 11.7 Å². The Kier molecular flexibility index (Phi) is 4.38. The first-order valence-corrected chi connectivity index (χ1v) is 7.46. The third kappa shape index (κ3) is 3.44. The molecule has 2 aromatic heterocycles. The molecule has 0 bridgehead atoms. The molecule has 3 rings (SSSR count). The van der Waals surface area contributed by atoms with Gasteiger partial charge < -0.3 is 0 Å².